The third-order valence-corrected chi connectivity index (χ3v) is 7.03. The van der Waals surface area contributed by atoms with Crippen molar-refractivity contribution in [2.24, 2.45) is 5.92 Å². The SMILES string of the molecule is Cc1cccc2cc(-c3cnc4ccc(NC5CCC(C)CC5)nn34)sc12. The maximum atomic E-state index is 4.87. The predicted octanol–water partition coefficient (Wildman–Crippen LogP) is 5.91. The Morgan fingerprint density at radius 3 is 2.78 bits per heavy atom. The zero-order valence-electron chi connectivity index (χ0n) is 15.8. The van der Waals surface area contributed by atoms with Crippen LogP contribution in [-0.4, -0.2) is 20.6 Å². The lowest BCUT2D eigenvalue weighted by Crippen LogP contribution is -2.25. The van der Waals surface area contributed by atoms with Crippen LogP contribution in [0, 0.1) is 12.8 Å². The fourth-order valence-corrected chi connectivity index (χ4v) is 5.19. The number of nitrogens with one attached hydrogen (secondary N) is 1. The first-order chi connectivity index (χ1) is 13.2. The van der Waals surface area contributed by atoms with Crippen molar-refractivity contribution in [1.29, 1.82) is 0 Å². The van der Waals surface area contributed by atoms with Gasteiger partial charge in [0.1, 0.15) is 11.5 Å². The van der Waals surface area contributed by atoms with E-state index in [0.29, 0.717) is 6.04 Å². The maximum Gasteiger partial charge on any atom is 0.154 e. The van der Waals surface area contributed by atoms with Gasteiger partial charge in [-0.05, 0) is 67.7 Å². The van der Waals surface area contributed by atoms with E-state index >= 15 is 0 Å². The zero-order valence-corrected chi connectivity index (χ0v) is 16.6. The van der Waals surface area contributed by atoms with Crippen LogP contribution >= 0.6 is 11.3 Å². The van der Waals surface area contributed by atoms with Crippen LogP contribution < -0.4 is 5.32 Å². The molecule has 4 aromatic rings. The first kappa shape index (κ1) is 16.8. The summed E-state index contributed by atoms with van der Waals surface area (Å²) >= 11 is 1.82. The molecule has 1 aliphatic rings. The molecule has 0 aliphatic heterocycles. The van der Waals surface area contributed by atoms with Crippen molar-refractivity contribution in [1.82, 2.24) is 14.6 Å². The van der Waals surface area contributed by atoms with Crippen LogP contribution in [0.3, 0.4) is 0 Å². The Balaban J connectivity index is 1.50. The molecular weight excluding hydrogens is 352 g/mol. The number of hydrogen-bond donors (Lipinski definition) is 1. The quantitative estimate of drug-likeness (QED) is 0.483. The van der Waals surface area contributed by atoms with Crippen molar-refractivity contribution in [3.63, 3.8) is 0 Å². The fraction of sp³-hybridized carbons (Fsp3) is 0.364. The summed E-state index contributed by atoms with van der Waals surface area (Å²) in [6, 6.07) is 13.4. The molecule has 3 heterocycles. The van der Waals surface area contributed by atoms with Gasteiger partial charge in [-0.25, -0.2) is 9.50 Å². The monoisotopic (exact) mass is 376 g/mol. The second-order valence-corrected chi connectivity index (χ2v) is 8.89. The van der Waals surface area contributed by atoms with Gasteiger partial charge in [0.05, 0.1) is 11.1 Å². The first-order valence-corrected chi connectivity index (χ1v) is 10.6. The van der Waals surface area contributed by atoms with Gasteiger partial charge in [-0.2, -0.15) is 0 Å². The number of aryl methyl sites for hydroxylation is 1. The topological polar surface area (TPSA) is 42.2 Å². The van der Waals surface area contributed by atoms with Gasteiger partial charge in [0.25, 0.3) is 0 Å². The Bertz CT molecular complexity index is 1100. The van der Waals surface area contributed by atoms with Crippen LogP contribution in [0.4, 0.5) is 5.82 Å². The summed E-state index contributed by atoms with van der Waals surface area (Å²) < 4.78 is 3.32. The molecule has 5 heteroatoms. The van der Waals surface area contributed by atoms with Crippen molar-refractivity contribution in [2.75, 3.05) is 5.32 Å². The largest absolute Gasteiger partial charge is 0.366 e. The molecule has 0 spiro atoms. The molecule has 5 rings (SSSR count). The highest BCUT2D eigenvalue weighted by atomic mass is 32.1. The van der Waals surface area contributed by atoms with E-state index in [1.807, 2.05) is 22.0 Å². The number of aromatic nitrogens is 3. The van der Waals surface area contributed by atoms with Crippen LogP contribution in [0.25, 0.3) is 26.3 Å². The van der Waals surface area contributed by atoms with Gasteiger partial charge < -0.3 is 5.32 Å². The third kappa shape index (κ3) is 3.10. The number of hydrogen-bond acceptors (Lipinski definition) is 4. The molecule has 0 bridgehead atoms. The summed E-state index contributed by atoms with van der Waals surface area (Å²) in [6.07, 6.45) is 7.00. The Hall–Kier alpha value is -2.40. The van der Waals surface area contributed by atoms with E-state index in [1.54, 1.807) is 0 Å². The number of nitrogens with zero attached hydrogens (tertiary/aromatic N) is 3. The van der Waals surface area contributed by atoms with E-state index in [-0.39, 0.29) is 0 Å². The van der Waals surface area contributed by atoms with Gasteiger partial charge in [-0.15, -0.1) is 16.4 Å². The second kappa shape index (κ2) is 6.64. The highest BCUT2D eigenvalue weighted by Crippen LogP contribution is 2.35. The summed E-state index contributed by atoms with van der Waals surface area (Å²) in [5.41, 5.74) is 3.27. The van der Waals surface area contributed by atoms with Crippen molar-refractivity contribution in [3.05, 3.63) is 48.2 Å². The molecule has 1 aliphatic carbocycles. The lowest BCUT2D eigenvalue weighted by Gasteiger charge is -2.27. The van der Waals surface area contributed by atoms with Crippen molar-refractivity contribution < 1.29 is 0 Å². The van der Waals surface area contributed by atoms with Gasteiger partial charge in [0.2, 0.25) is 0 Å². The smallest absolute Gasteiger partial charge is 0.154 e. The van der Waals surface area contributed by atoms with Crippen molar-refractivity contribution in [3.8, 4) is 10.6 Å². The summed E-state index contributed by atoms with van der Waals surface area (Å²) in [7, 11) is 0. The summed E-state index contributed by atoms with van der Waals surface area (Å²) in [6.45, 7) is 4.52. The van der Waals surface area contributed by atoms with Gasteiger partial charge in [0, 0.05) is 10.7 Å². The summed E-state index contributed by atoms with van der Waals surface area (Å²) in [4.78, 5) is 5.78. The number of benzene rings is 1. The number of fused-ring (bicyclic) bond motifs is 2. The normalized spacial score (nSPS) is 20.4. The standard InChI is InChI=1S/C22H24N4S/c1-14-6-8-17(9-7-14)24-20-10-11-21-23-13-18(26(21)25-20)19-12-16-5-3-4-15(2)22(16)27-19/h3-5,10-14,17H,6-9H2,1-2H3,(H,24,25). The minimum absolute atomic E-state index is 0.532. The minimum Gasteiger partial charge on any atom is -0.366 e. The van der Waals surface area contributed by atoms with Crippen LogP contribution in [0.1, 0.15) is 38.2 Å². The van der Waals surface area contributed by atoms with Gasteiger partial charge in [-0.1, -0.05) is 25.1 Å². The van der Waals surface area contributed by atoms with E-state index in [0.717, 1.165) is 23.1 Å². The molecule has 1 fully saturated rings. The van der Waals surface area contributed by atoms with E-state index in [2.05, 4.69) is 60.5 Å². The Morgan fingerprint density at radius 1 is 1.11 bits per heavy atom. The summed E-state index contributed by atoms with van der Waals surface area (Å²) in [5.74, 6) is 1.80. The molecule has 138 valence electrons. The van der Waals surface area contributed by atoms with Crippen LogP contribution in [-0.2, 0) is 0 Å². The van der Waals surface area contributed by atoms with Gasteiger partial charge >= 0.3 is 0 Å². The van der Waals surface area contributed by atoms with Crippen LogP contribution in [0.2, 0.25) is 0 Å². The zero-order chi connectivity index (χ0) is 18.4. The number of anilines is 1. The molecule has 0 atom stereocenters. The van der Waals surface area contributed by atoms with Crippen LogP contribution in [0.5, 0.6) is 0 Å². The van der Waals surface area contributed by atoms with E-state index in [9.17, 15) is 0 Å². The molecule has 1 aromatic carbocycles. The average molecular weight is 377 g/mol. The van der Waals surface area contributed by atoms with Gasteiger partial charge in [0.15, 0.2) is 5.65 Å². The first-order valence-electron chi connectivity index (χ1n) is 9.78. The Labute approximate surface area is 163 Å². The highest BCUT2D eigenvalue weighted by molar-refractivity contribution is 7.22. The number of rotatable bonds is 3. The molecular formula is C22H24N4S. The van der Waals surface area contributed by atoms with Gasteiger partial charge in [-0.3, -0.25) is 0 Å². The Kier molecular flexibility index (Phi) is 4.12. The summed E-state index contributed by atoms with van der Waals surface area (Å²) in [5, 5.41) is 9.80. The number of thiophene rings is 1. The molecule has 1 N–H and O–H groups in total. The molecule has 27 heavy (non-hydrogen) atoms. The van der Waals surface area contributed by atoms with Crippen LogP contribution in [0.15, 0.2) is 42.6 Å². The maximum absolute atomic E-state index is 4.87. The molecule has 0 saturated heterocycles. The minimum atomic E-state index is 0.532. The van der Waals surface area contributed by atoms with Crippen molar-refractivity contribution in [2.45, 2.75) is 45.6 Å². The van der Waals surface area contributed by atoms with E-state index < -0.39 is 0 Å². The molecule has 0 amide bonds. The molecule has 0 unspecified atom stereocenters. The predicted molar refractivity (Wildman–Crippen MR) is 114 cm³/mol. The average Bonchev–Trinajstić information content (AvgIpc) is 3.28. The lowest BCUT2D eigenvalue weighted by molar-refractivity contribution is 0.360. The highest BCUT2D eigenvalue weighted by Gasteiger charge is 2.19. The molecule has 4 nitrogen and oxygen atoms in total. The Morgan fingerprint density at radius 2 is 1.96 bits per heavy atom. The van der Waals surface area contributed by atoms with E-state index in [1.165, 1.54) is 46.2 Å². The molecule has 0 radical (unpaired) electrons. The number of imidazole rings is 1. The second-order valence-electron chi connectivity index (χ2n) is 7.84. The lowest BCUT2D eigenvalue weighted by atomic mass is 9.87. The molecule has 1 saturated carbocycles. The third-order valence-electron chi connectivity index (χ3n) is 5.72. The fourth-order valence-electron chi connectivity index (χ4n) is 4.07. The van der Waals surface area contributed by atoms with E-state index in [4.69, 9.17) is 5.10 Å². The molecule has 3 aromatic heterocycles. The van der Waals surface area contributed by atoms with Crippen molar-refractivity contribution >= 4 is 32.9 Å².